The minimum Gasteiger partial charge on any atom is -0.471 e. The predicted molar refractivity (Wildman–Crippen MR) is 91.1 cm³/mol. The summed E-state index contributed by atoms with van der Waals surface area (Å²) in [5.74, 6) is 0.359. The lowest BCUT2D eigenvalue weighted by Crippen LogP contribution is -2.44. The van der Waals surface area contributed by atoms with Crippen molar-refractivity contribution in [3.63, 3.8) is 0 Å². The van der Waals surface area contributed by atoms with Gasteiger partial charge in [-0.1, -0.05) is 12.1 Å². The Bertz CT molecular complexity index is 887. The molecule has 1 atom stereocenters. The number of carbonyl (C=O) groups excluding carboxylic acids is 1. The Labute approximate surface area is 144 Å². The number of hydrogen-bond donors (Lipinski definition) is 0. The highest BCUT2D eigenvalue weighted by Gasteiger charge is 2.27. The zero-order valence-corrected chi connectivity index (χ0v) is 13.6. The lowest BCUT2D eigenvalue weighted by molar-refractivity contribution is 0.0521. The van der Waals surface area contributed by atoms with Gasteiger partial charge in [-0.25, -0.2) is 9.97 Å². The number of fused-ring (bicyclic) bond motifs is 1. The predicted octanol–water partition coefficient (Wildman–Crippen LogP) is 2.10. The highest BCUT2D eigenvalue weighted by atomic mass is 16.5. The molecule has 4 rings (SSSR count). The second-order valence-corrected chi connectivity index (χ2v) is 5.92. The highest BCUT2D eigenvalue weighted by molar-refractivity contribution is 5.93. The van der Waals surface area contributed by atoms with Crippen LogP contribution in [0.15, 0.2) is 49.1 Å². The summed E-state index contributed by atoms with van der Waals surface area (Å²) in [4.78, 5) is 31.4. The zero-order chi connectivity index (χ0) is 17.1. The Balaban J connectivity index is 1.49. The van der Waals surface area contributed by atoms with Crippen LogP contribution in [0.3, 0.4) is 0 Å². The van der Waals surface area contributed by atoms with Gasteiger partial charge in [0, 0.05) is 18.9 Å². The van der Waals surface area contributed by atoms with Gasteiger partial charge < -0.3 is 9.64 Å². The first kappa shape index (κ1) is 15.4. The number of ether oxygens (including phenoxy) is 1. The number of likely N-dealkylation sites (tertiary alicyclic amines) is 1. The third kappa shape index (κ3) is 3.40. The van der Waals surface area contributed by atoms with E-state index in [-0.39, 0.29) is 12.0 Å². The van der Waals surface area contributed by atoms with Crippen LogP contribution < -0.4 is 4.74 Å². The summed E-state index contributed by atoms with van der Waals surface area (Å²) in [5.41, 5.74) is 1.86. The molecular weight excluding hydrogens is 318 g/mol. The summed E-state index contributed by atoms with van der Waals surface area (Å²) in [5, 5.41) is 0. The van der Waals surface area contributed by atoms with Crippen molar-refractivity contribution >= 4 is 16.9 Å². The second-order valence-electron chi connectivity index (χ2n) is 5.92. The highest BCUT2D eigenvalue weighted by Crippen LogP contribution is 2.18. The van der Waals surface area contributed by atoms with E-state index in [4.69, 9.17) is 4.74 Å². The molecule has 0 saturated carbocycles. The molecule has 0 bridgehead atoms. The van der Waals surface area contributed by atoms with Crippen LogP contribution in [0, 0.1) is 0 Å². The number of aromatic nitrogens is 4. The van der Waals surface area contributed by atoms with Crippen molar-refractivity contribution in [3.05, 3.63) is 54.7 Å². The summed E-state index contributed by atoms with van der Waals surface area (Å²) in [6.07, 6.45) is 7.96. The fourth-order valence-corrected chi connectivity index (χ4v) is 2.96. The number of carbonyl (C=O) groups is 1. The summed E-state index contributed by atoms with van der Waals surface area (Å²) < 4.78 is 5.84. The maximum Gasteiger partial charge on any atom is 0.274 e. The largest absolute Gasteiger partial charge is 0.471 e. The molecule has 1 saturated heterocycles. The van der Waals surface area contributed by atoms with E-state index >= 15 is 0 Å². The zero-order valence-electron chi connectivity index (χ0n) is 13.6. The third-order valence-electron chi connectivity index (χ3n) is 4.16. The molecule has 1 aromatic carbocycles. The SMILES string of the molecule is O=C(c1cnc2ccccc2n1)N1CCC[C@@H](Oc2cnccn2)C1. The van der Waals surface area contributed by atoms with E-state index in [1.807, 2.05) is 24.3 Å². The van der Waals surface area contributed by atoms with E-state index in [2.05, 4.69) is 19.9 Å². The van der Waals surface area contributed by atoms with Crippen LogP contribution in [-0.4, -0.2) is 49.9 Å². The Morgan fingerprint density at radius 2 is 2.00 bits per heavy atom. The number of para-hydroxylation sites is 2. The van der Waals surface area contributed by atoms with Crippen LogP contribution >= 0.6 is 0 Å². The van der Waals surface area contributed by atoms with Gasteiger partial charge in [0.05, 0.1) is 30.0 Å². The molecule has 0 aliphatic carbocycles. The van der Waals surface area contributed by atoms with Crippen molar-refractivity contribution in [2.75, 3.05) is 13.1 Å². The first-order valence-corrected chi connectivity index (χ1v) is 8.23. The van der Waals surface area contributed by atoms with Crippen molar-refractivity contribution in [2.24, 2.45) is 0 Å². The van der Waals surface area contributed by atoms with Crippen molar-refractivity contribution in [3.8, 4) is 5.88 Å². The van der Waals surface area contributed by atoms with Crippen LogP contribution in [0.2, 0.25) is 0 Å². The number of piperidine rings is 1. The van der Waals surface area contributed by atoms with E-state index in [9.17, 15) is 4.79 Å². The molecule has 1 amide bonds. The molecule has 126 valence electrons. The molecule has 2 aromatic heterocycles. The molecule has 0 spiro atoms. The van der Waals surface area contributed by atoms with E-state index in [1.165, 1.54) is 6.20 Å². The molecule has 0 unspecified atom stereocenters. The first-order chi connectivity index (χ1) is 12.3. The molecule has 0 N–H and O–H groups in total. The summed E-state index contributed by atoms with van der Waals surface area (Å²) in [6, 6.07) is 7.52. The standard InChI is InChI=1S/C18H17N5O2/c24-18(16-10-21-14-5-1-2-6-15(14)22-16)23-9-3-4-13(12-23)25-17-11-19-7-8-20-17/h1-2,5-8,10-11,13H,3-4,9,12H2/t13-/m1/s1. The van der Waals surface area contributed by atoms with Gasteiger partial charge in [-0.15, -0.1) is 0 Å². The average Bonchev–Trinajstić information content (AvgIpc) is 2.68. The number of rotatable bonds is 3. The average molecular weight is 335 g/mol. The van der Waals surface area contributed by atoms with Gasteiger partial charge in [-0.3, -0.25) is 14.8 Å². The molecule has 7 heteroatoms. The molecular formula is C18H17N5O2. The fourth-order valence-electron chi connectivity index (χ4n) is 2.96. The van der Waals surface area contributed by atoms with Crippen molar-refractivity contribution in [2.45, 2.75) is 18.9 Å². The smallest absolute Gasteiger partial charge is 0.274 e. The quantitative estimate of drug-likeness (QED) is 0.729. The molecule has 7 nitrogen and oxygen atoms in total. The van der Waals surface area contributed by atoms with Gasteiger partial charge in [0.15, 0.2) is 0 Å². The molecule has 1 aliphatic rings. The van der Waals surface area contributed by atoms with Crippen molar-refractivity contribution in [1.82, 2.24) is 24.8 Å². The Morgan fingerprint density at radius 3 is 2.84 bits per heavy atom. The molecule has 3 heterocycles. The van der Waals surface area contributed by atoms with Gasteiger partial charge >= 0.3 is 0 Å². The minimum absolute atomic E-state index is 0.0946. The Morgan fingerprint density at radius 1 is 1.12 bits per heavy atom. The van der Waals surface area contributed by atoms with Crippen LogP contribution in [0.25, 0.3) is 11.0 Å². The van der Waals surface area contributed by atoms with E-state index in [1.54, 1.807) is 23.5 Å². The minimum atomic E-state index is -0.120. The maximum atomic E-state index is 12.8. The van der Waals surface area contributed by atoms with Crippen LogP contribution in [0.5, 0.6) is 5.88 Å². The Hall–Kier alpha value is -3.09. The summed E-state index contributed by atoms with van der Waals surface area (Å²) in [7, 11) is 0. The summed E-state index contributed by atoms with van der Waals surface area (Å²) in [6.45, 7) is 1.19. The molecule has 1 fully saturated rings. The number of amides is 1. The van der Waals surface area contributed by atoms with Gasteiger partial charge in [0.25, 0.3) is 5.91 Å². The first-order valence-electron chi connectivity index (χ1n) is 8.23. The van der Waals surface area contributed by atoms with Crippen molar-refractivity contribution < 1.29 is 9.53 Å². The van der Waals surface area contributed by atoms with Gasteiger partial charge in [-0.05, 0) is 25.0 Å². The second kappa shape index (κ2) is 6.80. The van der Waals surface area contributed by atoms with E-state index < -0.39 is 0 Å². The number of nitrogens with zero attached hydrogens (tertiary/aromatic N) is 5. The third-order valence-corrected chi connectivity index (χ3v) is 4.16. The topological polar surface area (TPSA) is 81.1 Å². The van der Waals surface area contributed by atoms with E-state index in [0.717, 1.165) is 23.9 Å². The molecule has 3 aromatic rings. The van der Waals surface area contributed by atoms with Gasteiger partial charge in [0.1, 0.15) is 11.8 Å². The monoisotopic (exact) mass is 335 g/mol. The van der Waals surface area contributed by atoms with Gasteiger partial charge in [0.2, 0.25) is 5.88 Å². The van der Waals surface area contributed by atoms with E-state index in [0.29, 0.717) is 24.7 Å². The van der Waals surface area contributed by atoms with Crippen LogP contribution in [-0.2, 0) is 0 Å². The molecule has 0 radical (unpaired) electrons. The maximum absolute atomic E-state index is 12.8. The number of benzene rings is 1. The number of hydrogen-bond acceptors (Lipinski definition) is 6. The van der Waals surface area contributed by atoms with Crippen LogP contribution in [0.1, 0.15) is 23.3 Å². The van der Waals surface area contributed by atoms with Crippen LogP contribution in [0.4, 0.5) is 0 Å². The van der Waals surface area contributed by atoms with Gasteiger partial charge in [-0.2, -0.15) is 0 Å². The Kier molecular flexibility index (Phi) is 4.20. The fraction of sp³-hybridized carbons (Fsp3) is 0.278. The lowest BCUT2D eigenvalue weighted by Gasteiger charge is -2.32. The lowest BCUT2D eigenvalue weighted by atomic mass is 10.1. The normalized spacial score (nSPS) is 17.4. The molecule has 25 heavy (non-hydrogen) atoms. The molecule has 1 aliphatic heterocycles. The van der Waals surface area contributed by atoms with Crippen molar-refractivity contribution in [1.29, 1.82) is 0 Å². The summed E-state index contributed by atoms with van der Waals surface area (Å²) >= 11 is 0.